The molecule has 96 valence electrons. The largest absolute Gasteiger partial charge is 0.396 e. The fourth-order valence-electron chi connectivity index (χ4n) is 1.52. The predicted molar refractivity (Wildman–Crippen MR) is 66.0 cm³/mol. The molecule has 0 saturated carbocycles. The molecule has 0 aliphatic rings. The average Bonchev–Trinajstić information content (AvgIpc) is 2.31. The van der Waals surface area contributed by atoms with Gasteiger partial charge in [-0.1, -0.05) is 20.8 Å². The van der Waals surface area contributed by atoms with Crippen molar-refractivity contribution in [1.82, 2.24) is 5.32 Å². The number of aliphatic hydroxyl groups excluding tert-OH is 1. The summed E-state index contributed by atoms with van der Waals surface area (Å²) in [6, 6.07) is -0.0632. The lowest BCUT2D eigenvalue weighted by atomic mass is 9.83. The Labute approximate surface area is 98.6 Å². The van der Waals surface area contributed by atoms with E-state index in [1.165, 1.54) is 0 Å². The van der Waals surface area contributed by atoms with E-state index in [0.717, 1.165) is 19.3 Å². The first-order valence-electron chi connectivity index (χ1n) is 6.16. The van der Waals surface area contributed by atoms with Gasteiger partial charge in [0.2, 0.25) is 5.91 Å². The molecule has 4 N–H and O–H groups in total. The number of nitrogens with one attached hydrogen (secondary N) is 1. The van der Waals surface area contributed by atoms with Gasteiger partial charge in [0.1, 0.15) is 0 Å². The number of amides is 1. The van der Waals surface area contributed by atoms with Crippen molar-refractivity contribution in [3.05, 3.63) is 0 Å². The number of rotatable bonds is 8. The summed E-state index contributed by atoms with van der Waals surface area (Å²) < 4.78 is 0. The fraction of sp³-hybridized carbons (Fsp3) is 0.917. The molecule has 0 aliphatic carbocycles. The highest BCUT2D eigenvalue weighted by Gasteiger charge is 2.25. The van der Waals surface area contributed by atoms with Gasteiger partial charge in [-0.15, -0.1) is 0 Å². The minimum Gasteiger partial charge on any atom is -0.396 e. The smallest absolute Gasteiger partial charge is 0.221 e. The first-order valence-corrected chi connectivity index (χ1v) is 6.16. The Morgan fingerprint density at radius 3 is 2.31 bits per heavy atom. The zero-order chi connectivity index (χ0) is 12.6. The minimum absolute atomic E-state index is 0.0194. The minimum atomic E-state index is -0.175. The van der Waals surface area contributed by atoms with Crippen LogP contribution in [-0.4, -0.2) is 30.2 Å². The maximum Gasteiger partial charge on any atom is 0.221 e. The van der Waals surface area contributed by atoms with Crippen molar-refractivity contribution in [1.29, 1.82) is 0 Å². The van der Waals surface area contributed by atoms with Crippen LogP contribution in [-0.2, 0) is 4.79 Å². The maximum absolute atomic E-state index is 11.5. The molecule has 0 rings (SSSR count). The van der Waals surface area contributed by atoms with E-state index in [9.17, 15) is 9.90 Å². The molecule has 0 bridgehead atoms. The second-order valence-electron chi connectivity index (χ2n) is 4.51. The van der Waals surface area contributed by atoms with E-state index in [-0.39, 0.29) is 24.0 Å². The first-order chi connectivity index (χ1) is 7.53. The van der Waals surface area contributed by atoms with Crippen molar-refractivity contribution < 1.29 is 9.90 Å². The van der Waals surface area contributed by atoms with Crippen molar-refractivity contribution in [2.24, 2.45) is 11.1 Å². The lowest BCUT2D eigenvalue weighted by Crippen LogP contribution is -2.41. The van der Waals surface area contributed by atoms with Crippen LogP contribution in [0.25, 0.3) is 0 Å². The Kier molecular flexibility index (Phi) is 7.34. The van der Waals surface area contributed by atoms with Crippen LogP contribution in [0.5, 0.6) is 0 Å². The highest BCUT2D eigenvalue weighted by molar-refractivity contribution is 5.76. The molecule has 0 radical (unpaired) electrons. The van der Waals surface area contributed by atoms with E-state index in [1.807, 2.05) is 20.8 Å². The van der Waals surface area contributed by atoms with Gasteiger partial charge in [-0.2, -0.15) is 0 Å². The summed E-state index contributed by atoms with van der Waals surface area (Å²) >= 11 is 0. The van der Waals surface area contributed by atoms with Crippen LogP contribution in [0.1, 0.15) is 46.5 Å². The van der Waals surface area contributed by atoms with E-state index in [4.69, 9.17) is 5.73 Å². The topological polar surface area (TPSA) is 75.4 Å². The molecule has 0 aromatic carbocycles. The van der Waals surface area contributed by atoms with Gasteiger partial charge in [0.05, 0.1) is 6.61 Å². The zero-order valence-electron chi connectivity index (χ0n) is 10.8. The third-order valence-electron chi connectivity index (χ3n) is 3.47. The number of nitrogens with two attached hydrogens (primary N) is 1. The van der Waals surface area contributed by atoms with Gasteiger partial charge in [-0.25, -0.2) is 0 Å². The lowest BCUT2D eigenvalue weighted by molar-refractivity contribution is -0.122. The summed E-state index contributed by atoms with van der Waals surface area (Å²) in [4.78, 5) is 11.5. The second-order valence-corrected chi connectivity index (χ2v) is 4.51. The van der Waals surface area contributed by atoms with Crippen LogP contribution in [0.3, 0.4) is 0 Å². The van der Waals surface area contributed by atoms with E-state index in [2.05, 4.69) is 5.32 Å². The Balaban J connectivity index is 4.06. The number of carbonyl (C=O) groups is 1. The molecular formula is C12H26N2O2. The molecule has 1 atom stereocenters. The zero-order valence-corrected chi connectivity index (χ0v) is 10.8. The average molecular weight is 230 g/mol. The van der Waals surface area contributed by atoms with Gasteiger partial charge in [0.15, 0.2) is 0 Å². The number of aliphatic hydroxyl groups is 1. The third kappa shape index (κ3) is 4.94. The van der Waals surface area contributed by atoms with Gasteiger partial charge >= 0.3 is 0 Å². The molecular weight excluding hydrogens is 204 g/mol. The van der Waals surface area contributed by atoms with Gasteiger partial charge in [-0.3, -0.25) is 4.79 Å². The molecule has 1 unspecified atom stereocenters. The number of hydrogen-bond donors (Lipinski definition) is 3. The highest BCUT2D eigenvalue weighted by Crippen LogP contribution is 2.24. The highest BCUT2D eigenvalue weighted by atomic mass is 16.3. The lowest BCUT2D eigenvalue weighted by Gasteiger charge is -2.29. The molecule has 4 heteroatoms. The Hall–Kier alpha value is -0.610. The number of hydrogen-bond acceptors (Lipinski definition) is 3. The summed E-state index contributed by atoms with van der Waals surface area (Å²) in [5.74, 6) is -0.0194. The van der Waals surface area contributed by atoms with Gasteiger partial charge in [0, 0.05) is 24.4 Å². The van der Waals surface area contributed by atoms with E-state index in [1.54, 1.807) is 0 Å². The van der Waals surface area contributed by atoms with Crippen molar-refractivity contribution in [3.63, 3.8) is 0 Å². The van der Waals surface area contributed by atoms with Crippen LogP contribution in [0.15, 0.2) is 0 Å². The molecule has 4 nitrogen and oxygen atoms in total. The van der Waals surface area contributed by atoms with Crippen LogP contribution in [0.4, 0.5) is 0 Å². The molecule has 0 aromatic heterocycles. The predicted octanol–water partition coefficient (Wildman–Crippen LogP) is 1.03. The van der Waals surface area contributed by atoms with Gasteiger partial charge in [0.25, 0.3) is 0 Å². The summed E-state index contributed by atoms with van der Waals surface area (Å²) in [7, 11) is 0. The first kappa shape index (κ1) is 15.4. The maximum atomic E-state index is 11.5. The SMILES string of the molecule is CCC(N)CC(=O)NCC(CC)(CC)CO. The molecule has 0 aliphatic heterocycles. The monoisotopic (exact) mass is 230 g/mol. The van der Waals surface area contributed by atoms with Crippen molar-refractivity contribution in [2.45, 2.75) is 52.5 Å². The molecule has 1 amide bonds. The van der Waals surface area contributed by atoms with E-state index in [0.29, 0.717) is 13.0 Å². The summed E-state index contributed by atoms with van der Waals surface area (Å²) in [6.07, 6.45) is 2.89. The third-order valence-corrected chi connectivity index (χ3v) is 3.47. The summed E-state index contributed by atoms with van der Waals surface area (Å²) in [5.41, 5.74) is 5.53. The Bertz CT molecular complexity index is 195. The van der Waals surface area contributed by atoms with E-state index >= 15 is 0 Å². The van der Waals surface area contributed by atoms with Crippen molar-refractivity contribution >= 4 is 5.91 Å². The number of carbonyl (C=O) groups excluding carboxylic acids is 1. The Morgan fingerprint density at radius 2 is 1.94 bits per heavy atom. The van der Waals surface area contributed by atoms with E-state index < -0.39 is 0 Å². The quantitative estimate of drug-likeness (QED) is 0.583. The molecule has 0 fully saturated rings. The molecule has 0 heterocycles. The van der Waals surface area contributed by atoms with Crippen LogP contribution >= 0.6 is 0 Å². The van der Waals surface area contributed by atoms with Crippen LogP contribution in [0.2, 0.25) is 0 Å². The molecule has 0 spiro atoms. The van der Waals surface area contributed by atoms with Crippen LogP contribution in [0, 0.1) is 5.41 Å². The van der Waals surface area contributed by atoms with Crippen molar-refractivity contribution in [3.8, 4) is 0 Å². The molecule has 0 aromatic rings. The summed E-state index contributed by atoms with van der Waals surface area (Å²) in [5, 5.41) is 12.2. The fourth-order valence-corrected chi connectivity index (χ4v) is 1.52. The van der Waals surface area contributed by atoms with Gasteiger partial charge < -0.3 is 16.2 Å². The summed E-state index contributed by atoms with van der Waals surface area (Å²) in [6.45, 7) is 6.67. The second kappa shape index (κ2) is 7.63. The van der Waals surface area contributed by atoms with Crippen LogP contribution < -0.4 is 11.1 Å². The standard InChI is InChI=1S/C12H26N2O2/c1-4-10(13)7-11(16)14-8-12(5-2,6-3)9-15/h10,15H,4-9,13H2,1-3H3,(H,14,16). The normalized spacial score (nSPS) is 13.6. The van der Waals surface area contributed by atoms with Crippen molar-refractivity contribution in [2.75, 3.05) is 13.2 Å². The molecule has 0 saturated heterocycles. The van der Waals surface area contributed by atoms with Gasteiger partial charge in [-0.05, 0) is 19.3 Å². The Morgan fingerprint density at radius 1 is 1.38 bits per heavy atom. The molecule has 16 heavy (non-hydrogen) atoms.